The van der Waals surface area contributed by atoms with E-state index >= 15 is 0 Å². The van der Waals surface area contributed by atoms with Crippen LogP contribution in [0.4, 0.5) is 14.6 Å². The summed E-state index contributed by atoms with van der Waals surface area (Å²) in [6.45, 7) is 1.99. The van der Waals surface area contributed by atoms with Crippen LogP contribution in [0, 0.1) is 6.92 Å². The smallest absolute Gasteiger partial charge is 0.281 e. The molecule has 5 nitrogen and oxygen atoms in total. The molecule has 0 radical (unpaired) electrons. The number of carbonyl (C=O) groups is 1. The fourth-order valence-corrected chi connectivity index (χ4v) is 3.82. The SMILES string of the molecule is Cc1ccc(C(=O)NC2CCC(Nc3cccc4nc(C(F)F)cn34)CC2)cc1. The van der Waals surface area contributed by atoms with Crippen molar-refractivity contribution in [1.29, 1.82) is 0 Å². The monoisotopic (exact) mass is 398 g/mol. The summed E-state index contributed by atoms with van der Waals surface area (Å²) in [7, 11) is 0. The van der Waals surface area contributed by atoms with E-state index in [2.05, 4.69) is 15.6 Å². The first kappa shape index (κ1) is 19.4. The van der Waals surface area contributed by atoms with Crippen molar-refractivity contribution in [2.45, 2.75) is 51.1 Å². The number of hydrogen-bond donors (Lipinski definition) is 2. The Balaban J connectivity index is 1.35. The molecule has 1 aromatic carbocycles. The molecule has 0 spiro atoms. The second-order valence-electron chi connectivity index (χ2n) is 7.64. The molecule has 0 bridgehead atoms. The van der Waals surface area contributed by atoms with Gasteiger partial charge in [0.15, 0.2) is 0 Å². The molecule has 7 heteroatoms. The minimum Gasteiger partial charge on any atom is -0.368 e. The standard InChI is InChI=1S/C22H24F2N4O/c1-14-5-7-15(8-6-14)22(29)26-17-11-9-16(10-12-17)25-19-3-2-4-20-27-18(21(23)24)13-28(19)20/h2-8,13,16-17,21,25H,9-12H2,1H3,(H,26,29). The van der Waals surface area contributed by atoms with Crippen molar-refractivity contribution in [2.75, 3.05) is 5.32 Å². The molecule has 29 heavy (non-hydrogen) atoms. The number of rotatable bonds is 5. The molecule has 1 amide bonds. The molecule has 2 aromatic heterocycles. The zero-order valence-corrected chi connectivity index (χ0v) is 16.2. The highest BCUT2D eigenvalue weighted by atomic mass is 19.3. The summed E-state index contributed by atoms with van der Waals surface area (Å²) in [6, 6.07) is 13.3. The zero-order chi connectivity index (χ0) is 20.4. The van der Waals surface area contributed by atoms with Gasteiger partial charge in [0.25, 0.3) is 12.3 Å². The molecule has 152 valence electrons. The summed E-state index contributed by atoms with van der Waals surface area (Å²) in [4.78, 5) is 16.4. The minimum absolute atomic E-state index is 0.0379. The molecule has 1 aliphatic carbocycles. The molecule has 2 heterocycles. The molecule has 2 N–H and O–H groups in total. The largest absolute Gasteiger partial charge is 0.368 e. The average molecular weight is 398 g/mol. The van der Waals surface area contributed by atoms with E-state index in [0.717, 1.165) is 37.1 Å². The van der Waals surface area contributed by atoms with Crippen LogP contribution in [0.15, 0.2) is 48.7 Å². The maximum absolute atomic E-state index is 13.0. The summed E-state index contributed by atoms with van der Waals surface area (Å²) >= 11 is 0. The van der Waals surface area contributed by atoms with Gasteiger partial charge in [-0.1, -0.05) is 23.8 Å². The van der Waals surface area contributed by atoms with Crippen LogP contribution in [0.25, 0.3) is 5.65 Å². The van der Waals surface area contributed by atoms with Crippen LogP contribution in [-0.4, -0.2) is 27.4 Å². The van der Waals surface area contributed by atoms with Crippen LogP contribution in [0.3, 0.4) is 0 Å². The first-order valence-corrected chi connectivity index (χ1v) is 9.90. The third-order valence-electron chi connectivity index (χ3n) is 5.46. The number of benzene rings is 1. The number of fused-ring (bicyclic) bond motifs is 1. The van der Waals surface area contributed by atoms with Crippen LogP contribution < -0.4 is 10.6 Å². The van der Waals surface area contributed by atoms with Crippen LogP contribution in [0.2, 0.25) is 0 Å². The Morgan fingerprint density at radius 1 is 1.07 bits per heavy atom. The molecule has 1 aliphatic rings. The Morgan fingerprint density at radius 3 is 2.45 bits per heavy atom. The van der Waals surface area contributed by atoms with Crippen molar-refractivity contribution in [3.63, 3.8) is 0 Å². The number of halogens is 2. The Morgan fingerprint density at radius 2 is 1.76 bits per heavy atom. The molecule has 4 rings (SSSR count). The molecule has 1 saturated carbocycles. The van der Waals surface area contributed by atoms with Crippen molar-refractivity contribution in [2.24, 2.45) is 0 Å². The lowest BCUT2D eigenvalue weighted by molar-refractivity contribution is 0.0926. The number of nitrogens with zero attached hydrogens (tertiary/aromatic N) is 2. The van der Waals surface area contributed by atoms with E-state index in [1.807, 2.05) is 43.3 Å². The van der Waals surface area contributed by atoms with Gasteiger partial charge < -0.3 is 10.6 Å². The van der Waals surface area contributed by atoms with Crippen molar-refractivity contribution in [3.8, 4) is 0 Å². The topological polar surface area (TPSA) is 58.4 Å². The summed E-state index contributed by atoms with van der Waals surface area (Å²) in [6.07, 6.45) is 2.33. The Hall–Kier alpha value is -2.96. The molecular formula is C22H24F2N4O. The van der Waals surface area contributed by atoms with Crippen molar-refractivity contribution >= 4 is 17.4 Å². The van der Waals surface area contributed by atoms with Gasteiger partial charge in [0.1, 0.15) is 17.2 Å². The Kier molecular flexibility index (Phi) is 5.47. The van der Waals surface area contributed by atoms with Gasteiger partial charge in [-0.25, -0.2) is 13.8 Å². The molecule has 0 atom stereocenters. The van der Waals surface area contributed by atoms with E-state index < -0.39 is 6.43 Å². The lowest BCUT2D eigenvalue weighted by atomic mass is 9.91. The van der Waals surface area contributed by atoms with Gasteiger partial charge in [-0.2, -0.15) is 0 Å². The predicted octanol–water partition coefficient (Wildman–Crippen LogP) is 4.73. The van der Waals surface area contributed by atoms with Gasteiger partial charge in [-0.05, 0) is 56.9 Å². The van der Waals surface area contributed by atoms with E-state index in [1.54, 1.807) is 10.5 Å². The zero-order valence-electron chi connectivity index (χ0n) is 16.2. The first-order valence-electron chi connectivity index (χ1n) is 9.90. The normalized spacial score (nSPS) is 19.4. The molecule has 3 aromatic rings. The quantitative estimate of drug-likeness (QED) is 0.653. The number of carbonyl (C=O) groups excluding carboxylic acids is 1. The summed E-state index contributed by atoms with van der Waals surface area (Å²) < 4.78 is 27.6. The van der Waals surface area contributed by atoms with Gasteiger partial charge in [0.2, 0.25) is 0 Å². The van der Waals surface area contributed by atoms with Crippen LogP contribution >= 0.6 is 0 Å². The number of hydrogen-bond acceptors (Lipinski definition) is 3. The lowest BCUT2D eigenvalue weighted by Crippen LogP contribution is -2.40. The maximum atomic E-state index is 13.0. The summed E-state index contributed by atoms with van der Waals surface area (Å²) in [5, 5.41) is 6.57. The summed E-state index contributed by atoms with van der Waals surface area (Å²) in [5.74, 6) is 0.721. The van der Waals surface area contributed by atoms with Gasteiger partial charge in [-0.3, -0.25) is 9.20 Å². The number of anilines is 1. The highest BCUT2D eigenvalue weighted by Crippen LogP contribution is 2.25. The minimum atomic E-state index is -2.59. The van der Waals surface area contributed by atoms with Crippen molar-refractivity contribution < 1.29 is 13.6 Å². The molecule has 1 fully saturated rings. The lowest BCUT2D eigenvalue weighted by Gasteiger charge is -2.30. The van der Waals surface area contributed by atoms with Gasteiger partial charge in [-0.15, -0.1) is 0 Å². The number of aryl methyl sites for hydroxylation is 1. The van der Waals surface area contributed by atoms with Gasteiger partial charge >= 0.3 is 0 Å². The maximum Gasteiger partial charge on any atom is 0.281 e. The predicted molar refractivity (Wildman–Crippen MR) is 108 cm³/mol. The van der Waals surface area contributed by atoms with Crippen LogP contribution in [-0.2, 0) is 0 Å². The van der Waals surface area contributed by atoms with Gasteiger partial charge in [0.05, 0.1) is 0 Å². The summed E-state index contributed by atoms with van der Waals surface area (Å²) in [5.41, 5.74) is 2.09. The van der Waals surface area contributed by atoms with Crippen LogP contribution in [0.5, 0.6) is 0 Å². The number of nitrogens with one attached hydrogen (secondary N) is 2. The molecule has 0 aliphatic heterocycles. The molecule has 0 unspecified atom stereocenters. The van der Waals surface area contributed by atoms with Crippen molar-refractivity contribution in [1.82, 2.24) is 14.7 Å². The van der Waals surface area contributed by atoms with E-state index in [-0.39, 0.29) is 23.7 Å². The number of amides is 1. The number of aromatic nitrogens is 2. The third kappa shape index (κ3) is 4.39. The van der Waals surface area contributed by atoms with Gasteiger partial charge in [0, 0.05) is 23.8 Å². The molecular weight excluding hydrogens is 374 g/mol. The highest BCUT2D eigenvalue weighted by molar-refractivity contribution is 5.94. The second kappa shape index (κ2) is 8.19. The van der Waals surface area contributed by atoms with E-state index in [4.69, 9.17) is 0 Å². The fraction of sp³-hybridized carbons (Fsp3) is 0.364. The fourth-order valence-electron chi connectivity index (χ4n) is 3.82. The second-order valence-corrected chi connectivity index (χ2v) is 7.64. The van der Waals surface area contributed by atoms with E-state index in [0.29, 0.717) is 11.2 Å². The highest BCUT2D eigenvalue weighted by Gasteiger charge is 2.23. The van der Waals surface area contributed by atoms with E-state index in [9.17, 15) is 13.6 Å². The number of pyridine rings is 1. The van der Waals surface area contributed by atoms with Crippen molar-refractivity contribution in [3.05, 3.63) is 65.5 Å². The Labute approximate surface area is 168 Å². The first-order chi connectivity index (χ1) is 14.0. The number of imidazole rings is 1. The van der Waals surface area contributed by atoms with Crippen LogP contribution in [0.1, 0.15) is 53.7 Å². The third-order valence-corrected chi connectivity index (χ3v) is 5.46. The number of alkyl halides is 2. The molecule has 0 saturated heterocycles. The Bertz CT molecular complexity index is 992. The van der Waals surface area contributed by atoms with E-state index in [1.165, 1.54) is 6.20 Å². The average Bonchev–Trinajstić information content (AvgIpc) is 3.16.